The fourth-order valence-corrected chi connectivity index (χ4v) is 6.89. The lowest BCUT2D eigenvalue weighted by Gasteiger charge is -2.49. The maximum atomic E-state index is 13.9. The van der Waals surface area contributed by atoms with E-state index in [1.165, 1.54) is 25.7 Å². The van der Waals surface area contributed by atoms with Crippen LogP contribution in [0.1, 0.15) is 88.5 Å². The summed E-state index contributed by atoms with van der Waals surface area (Å²) in [5.74, 6) is 0.776. The maximum Gasteiger partial charge on any atom is 0.271 e. The molecule has 3 aliphatic rings. The van der Waals surface area contributed by atoms with Gasteiger partial charge in [-0.2, -0.15) is 0 Å². The fourth-order valence-electron chi connectivity index (χ4n) is 6.07. The van der Waals surface area contributed by atoms with Crippen molar-refractivity contribution in [1.82, 2.24) is 14.8 Å². The summed E-state index contributed by atoms with van der Waals surface area (Å²) in [5.41, 5.74) is 0.981. The number of nitrogens with zero attached hydrogens (tertiary/aromatic N) is 2. The quantitative estimate of drug-likeness (QED) is 0.654. The predicted molar refractivity (Wildman–Crippen MR) is 125 cm³/mol. The molecule has 0 spiro atoms. The highest BCUT2D eigenvalue weighted by atomic mass is 32.1. The van der Waals surface area contributed by atoms with Crippen molar-refractivity contribution >= 4 is 33.4 Å². The minimum absolute atomic E-state index is 0.0349. The van der Waals surface area contributed by atoms with Crippen LogP contribution in [0.4, 0.5) is 0 Å². The first-order valence-electron chi connectivity index (χ1n) is 12.2. The van der Waals surface area contributed by atoms with Crippen molar-refractivity contribution in [2.45, 2.75) is 102 Å². The van der Waals surface area contributed by atoms with Gasteiger partial charge in [-0.1, -0.05) is 32.6 Å². The zero-order chi connectivity index (χ0) is 21.6. The second-order valence-corrected chi connectivity index (χ2v) is 11.3. The van der Waals surface area contributed by atoms with E-state index in [0.29, 0.717) is 12.5 Å². The lowest BCUT2D eigenvalue weighted by Crippen LogP contribution is -2.67. The summed E-state index contributed by atoms with van der Waals surface area (Å²) in [4.78, 5) is 29.7. The second kappa shape index (κ2) is 8.27. The van der Waals surface area contributed by atoms with Crippen LogP contribution in [0.25, 0.3) is 10.2 Å². The number of amides is 2. The van der Waals surface area contributed by atoms with E-state index in [0.717, 1.165) is 54.4 Å². The van der Waals surface area contributed by atoms with Crippen molar-refractivity contribution in [3.05, 3.63) is 23.2 Å². The Morgan fingerprint density at radius 2 is 1.81 bits per heavy atom. The Morgan fingerprint density at radius 1 is 1.10 bits per heavy atom. The molecule has 168 valence electrons. The standard InChI is InChI=1S/C25H35N3O2S/c1-17-9-11-19(12-10-17)28-23(29)21-15-22-20(13-14-31-22)27(21)16-25(28,2)24(30)26-18-7-5-3-4-6-8-18/h13-15,17-19H,3-12,16H2,1-2H3,(H,26,30)/t17?,19?,25-/m1/s1. The van der Waals surface area contributed by atoms with Gasteiger partial charge in [-0.25, -0.2) is 0 Å². The van der Waals surface area contributed by atoms with Crippen molar-refractivity contribution in [3.63, 3.8) is 0 Å². The van der Waals surface area contributed by atoms with E-state index in [1.807, 2.05) is 17.9 Å². The maximum absolute atomic E-state index is 13.9. The monoisotopic (exact) mass is 441 g/mol. The van der Waals surface area contributed by atoms with Gasteiger partial charge in [0.05, 0.1) is 16.8 Å². The minimum atomic E-state index is -0.852. The van der Waals surface area contributed by atoms with E-state index >= 15 is 0 Å². The lowest BCUT2D eigenvalue weighted by molar-refractivity contribution is -0.135. The van der Waals surface area contributed by atoms with Gasteiger partial charge in [-0.05, 0) is 68.9 Å². The third kappa shape index (κ3) is 3.71. The Kier molecular flexibility index (Phi) is 5.61. The number of aromatic nitrogens is 1. The molecule has 3 heterocycles. The first kappa shape index (κ1) is 21.0. The van der Waals surface area contributed by atoms with Crippen molar-refractivity contribution in [2.24, 2.45) is 5.92 Å². The average Bonchev–Trinajstić information content (AvgIpc) is 3.24. The van der Waals surface area contributed by atoms with E-state index in [9.17, 15) is 9.59 Å². The molecule has 1 aliphatic heterocycles. The highest BCUT2D eigenvalue weighted by Gasteiger charge is 2.51. The number of nitrogens with one attached hydrogen (secondary N) is 1. The van der Waals surface area contributed by atoms with Crippen LogP contribution < -0.4 is 5.32 Å². The molecule has 0 unspecified atom stereocenters. The molecule has 5 nitrogen and oxygen atoms in total. The summed E-state index contributed by atoms with van der Waals surface area (Å²) in [6.07, 6.45) is 11.2. The van der Waals surface area contributed by atoms with E-state index in [-0.39, 0.29) is 23.9 Å². The number of hydrogen-bond acceptors (Lipinski definition) is 3. The Hall–Kier alpha value is -1.82. The minimum Gasteiger partial charge on any atom is -0.351 e. The van der Waals surface area contributed by atoms with Crippen molar-refractivity contribution in [3.8, 4) is 0 Å². The van der Waals surface area contributed by atoms with E-state index in [2.05, 4.69) is 28.3 Å². The van der Waals surface area contributed by atoms with Gasteiger partial charge in [0.15, 0.2) is 0 Å². The molecule has 2 fully saturated rings. The summed E-state index contributed by atoms with van der Waals surface area (Å²) in [6.45, 7) is 4.85. The Bertz CT molecular complexity index is 963. The van der Waals surface area contributed by atoms with E-state index in [1.54, 1.807) is 11.3 Å². The molecule has 5 rings (SSSR count). The molecule has 0 saturated heterocycles. The highest BCUT2D eigenvalue weighted by Crippen LogP contribution is 2.39. The van der Waals surface area contributed by atoms with Gasteiger partial charge in [0.2, 0.25) is 5.91 Å². The Labute approximate surface area is 189 Å². The smallest absolute Gasteiger partial charge is 0.271 e. The molecule has 0 aromatic carbocycles. The van der Waals surface area contributed by atoms with E-state index in [4.69, 9.17) is 0 Å². The summed E-state index contributed by atoms with van der Waals surface area (Å²) in [6, 6.07) is 4.50. The molecule has 2 aliphatic carbocycles. The van der Waals surface area contributed by atoms with Crippen LogP contribution in [0.15, 0.2) is 17.5 Å². The van der Waals surface area contributed by atoms with Crippen molar-refractivity contribution in [2.75, 3.05) is 0 Å². The molecular formula is C25H35N3O2S. The molecule has 2 amide bonds. The first-order valence-corrected chi connectivity index (χ1v) is 13.1. The molecular weight excluding hydrogens is 406 g/mol. The zero-order valence-corrected chi connectivity index (χ0v) is 19.7. The molecule has 2 aromatic rings. The third-order valence-corrected chi connectivity index (χ3v) is 8.84. The third-order valence-electron chi connectivity index (χ3n) is 7.99. The van der Waals surface area contributed by atoms with Crippen molar-refractivity contribution < 1.29 is 9.59 Å². The summed E-state index contributed by atoms with van der Waals surface area (Å²) >= 11 is 1.67. The molecule has 1 N–H and O–H groups in total. The average molecular weight is 442 g/mol. The van der Waals surface area contributed by atoms with Gasteiger partial charge >= 0.3 is 0 Å². The highest BCUT2D eigenvalue weighted by molar-refractivity contribution is 7.17. The van der Waals surface area contributed by atoms with Crippen LogP contribution in [0.5, 0.6) is 0 Å². The summed E-state index contributed by atoms with van der Waals surface area (Å²) in [7, 11) is 0. The zero-order valence-electron chi connectivity index (χ0n) is 18.9. The predicted octanol–water partition coefficient (Wildman–Crippen LogP) is 5.34. The molecule has 1 atom stereocenters. The SMILES string of the molecule is CC1CCC(N2C(=O)c3cc4sccc4n3C[C@]2(C)C(=O)NC2CCCCCC2)CC1. The number of fused-ring (bicyclic) bond motifs is 3. The number of carbonyl (C=O) groups excluding carboxylic acids is 2. The van der Waals surface area contributed by atoms with Crippen LogP contribution in [-0.2, 0) is 11.3 Å². The van der Waals surface area contributed by atoms with Crippen LogP contribution in [0.2, 0.25) is 0 Å². The first-order chi connectivity index (χ1) is 15.0. The summed E-state index contributed by atoms with van der Waals surface area (Å²) < 4.78 is 3.23. The Morgan fingerprint density at radius 3 is 2.52 bits per heavy atom. The number of rotatable bonds is 3. The van der Waals surface area contributed by atoms with Crippen LogP contribution >= 0.6 is 11.3 Å². The lowest BCUT2D eigenvalue weighted by atomic mass is 9.82. The normalized spacial score (nSPS) is 30.3. The number of carbonyl (C=O) groups is 2. The molecule has 2 aromatic heterocycles. The largest absolute Gasteiger partial charge is 0.351 e. The van der Waals surface area contributed by atoms with Gasteiger partial charge in [0, 0.05) is 12.1 Å². The molecule has 31 heavy (non-hydrogen) atoms. The van der Waals surface area contributed by atoms with Crippen molar-refractivity contribution in [1.29, 1.82) is 0 Å². The van der Waals surface area contributed by atoms with Gasteiger partial charge in [0.25, 0.3) is 5.91 Å². The number of thiophene rings is 1. The molecule has 0 bridgehead atoms. The molecule has 0 radical (unpaired) electrons. The van der Waals surface area contributed by atoms with Crippen LogP contribution in [-0.4, -0.2) is 38.9 Å². The van der Waals surface area contributed by atoms with Gasteiger partial charge in [-0.15, -0.1) is 11.3 Å². The molecule has 2 saturated carbocycles. The van der Waals surface area contributed by atoms with Crippen LogP contribution in [0, 0.1) is 5.92 Å². The summed E-state index contributed by atoms with van der Waals surface area (Å²) in [5, 5.41) is 5.46. The second-order valence-electron chi connectivity index (χ2n) is 10.3. The molecule has 6 heteroatoms. The number of hydrogen-bond donors (Lipinski definition) is 1. The van der Waals surface area contributed by atoms with E-state index < -0.39 is 5.54 Å². The fraction of sp³-hybridized carbons (Fsp3) is 0.680. The van der Waals surface area contributed by atoms with Gasteiger partial charge in [-0.3, -0.25) is 9.59 Å². The topological polar surface area (TPSA) is 54.3 Å². The van der Waals surface area contributed by atoms with Crippen LogP contribution in [0.3, 0.4) is 0 Å². The van der Waals surface area contributed by atoms with Gasteiger partial charge in [0.1, 0.15) is 11.2 Å². The van der Waals surface area contributed by atoms with Gasteiger partial charge < -0.3 is 14.8 Å². The Balaban J connectivity index is 1.50.